The van der Waals surface area contributed by atoms with Crippen molar-refractivity contribution in [3.63, 3.8) is 0 Å². The van der Waals surface area contributed by atoms with Crippen molar-refractivity contribution in [1.82, 2.24) is 5.32 Å². The Morgan fingerprint density at radius 1 is 1.26 bits per heavy atom. The van der Waals surface area contributed by atoms with Crippen LogP contribution < -0.4 is 15.0 Å². The van der Waals surface area contributed by atoms with Gasteiger partial charge in [-0.1, -0.05) is 30.0 Å². The van der Waals surface area contributed by atoms with Gasteiger partial charge in [0.25, 0.3) is 11.8 Å². The van der Waals surface area contributed by atoms with E-state index in [0.29, 0.717) is 16.5 Å². The quantitative estimate of drug-likeness (QED) is 0.822. The molecule has 138 valence electrons. The fourth-order valence-corrected chi connectivity index (χ4v) is 4.04. The summed E-state index contributed by atoms with van der Waals surface area (Å²) in [6, 6.07) is 13.4. The molecule has 2 aromatic rings. The third kappa shape index (κ3) is 3.57. The zero-order valence-electron chi connectivity index (χ0n) is 15.2. The van der Waals surface area contributed by atoms with Crippen molar-refractivity contribution >= 4 is 35.3 Å². The molecule has 0 saturated heterocycles. The minimum Gasteiger partial charge on any atom is -0.496 e. The maximum absolute atomic E-state index is 12.9. The Labute approximate surface area is 162 Å². The molecular formula is C21H20N2O3S. The lowest BCUT2D eigenvalue weighted by molar-refractivity contribution is -0.114. The van der Waals surface area contributed by atoms with Crippen LogP contribution in [0.5, 0.6) is 5.75 Å². The Balaban J connectivity index is 1.65. The number of nitrogens with zero attached hydrogens (tertiary/aromatic N) is 1. The molecule has 1 N–H and O–H groups in total. The maximum atomic E-state index is 12.9. The van der Waals surface area contributed by atoms with Crippen molar-refractivity contribution in [3.05, 3.63) is 58.5 Å². The minimum absolute atomic E-state index is 0.0819. The molecule has 27 heavy (non-hydrogen) atoms. The molecule has 2 aromatic carbocycles. The van der Waals surface area contributed by atoms with Crippen LogP contribution in [-0.2, 0) is 4.79 Å². The van der Waals surface area contributed by atoms with E-state index >= 15 is 0 Å². The molecule has 1 saturated carbocycles. The molecule has 1 fully saturated rings. The van der Waals surface area contributed by atoms with Crippen LogP contribution in [0.3, 0.4) is 0 Å². The average Bonchev–Trinajstić information content (AvgIpc) is 3.50. The van der Waals surface area contributed by atoms with Crippen molar-refractivity contribution in [3.8, 4) is 5.75 Å². The Bertz CT molecular complexity index is 950. The molecule has 2 amide bonds. The molecule has 0 spiro atoms. The van der Waals surface area contributed by atoms with Gasteiger partial charge in [-0.05, 0) is 43.2 Å². The van der Waals surface area contributed by atoms with E-state index in [2.05, 4.69) is 5.32 Å². The molecule has 1 aliphatic heterocycles. The minimum atomic E-state index is -0.0989. The number of nitrogens with one attached hydrogen (secondary N) is 1. The van der Waals surface area contributed by atoms with E-state index in [1.807, 2.05) is 42.5 Å². The molecule has 1 heterocycles. The van der Waals surface area contributed by atoms with E-state index in [1.165, 1.54) is 11.8 Å². The number of methoxy groups -OCH3 is 1. The Morgan fingerprint density at radius 3 is 2.78 bits per heavy atom. The molecule has 0 bridgehead atoms. The third-order valence-electron chi connectivity index (χ3n) is 4.66. The topological polar surface area (TPSA) is 58.6 Å². The summed E-state index contributed by atoms with van der Waals surface area (Å²) in [5, 5.41) is 2.98. The lowest BCUT2D eigenvalue weighted by atomic mass is 10.1. The highest BCUT2D eigenvalue weighted by molar-refractivity contribution is 8.04. The molecule has 0 unspecified atom stereocenters. The second-order valence-electron chi connectivity index (χ2n) is 6.65. The second-order valence-corrected chi connectivity index (χ2v) is 7.73. The number of anilines is 1. The molecule has 5 nitrogen and oxygen atoms in total. The molecule has 0 aromatic heterocycles. The summed E-state index contributed by atoms with van der Waals surface area (Å²) >= 11 is 1.41. The number of hydrogen-bond donors (Lipinski definition) is 1. The molecule has 4 rings (SSSR count). The first kappa shape index (κ1) is 17.7. The average molecular weight is 380 g/mol. The van der Waals surface area contributed by atoms with Crippen LogP contribution in [0.1, 0.15) is 28.8 Å². The molecule has 1 aliphatic carbocycles. The van der Waals surface area contributed by atoms with Gasteiger partial charge in [-0.25, -0.2) is 0 Å². The Kier molecular flexibility index (Phi) is 4.66. The summed E-state index contributed by atoms with van der Waals surface area (Å²) in [5.74, 6) is 0.540. The van der Waals surface area contributed by atoms with Crippen molar-refractivity contribution in [2.45, 2.75) is 23.8 Å². The van der Waals surface area contributed by atoms with Crippen molar-refractivity contribution in [2.75, 3.05) is 19.1 Å². The number of para-hydroxylation sites is 1. The van der Waals surface area contributed by atoms with Gasteiger partial charge in [0.05, 0.1) is 17.7 Å². The molecule has 6 heteroatoms. The number of fused-ring (bicyclic) bond motifs is 1. The fourth-order valence-electron chi connectivity index (χ4n) is 2.96. The van der Waals surface area contributed by atoms with E-state index in [4.69, 9.17) is 4.74 Å². The highest BCUT2D eigenvalue weighted by atomic mass is 32.2. The van der Waals surface area contributed by atoms with E-state index in [9.17, 15) is 9.59 Å². The van der Waals surface area contributed by atoms with Crippen LogP contribution in [0, 0.1) is 0 Å². The van der Waals surface area contributed by atoms with E-state index < -0.39 is 0 Å². The van der Waals surface area contributed by atoms with E-state index in [1.54, 1.807) is 25.1 Å². The van der Waals surface area contributed by atoms with Crippen LogP contribution in [0.4, 0.5) is 5.69 Å². The third-order valence-corrected chi connectivity index (χ3v) is 5.73. The summed E-state index contributed by atoms with van der Waals surface area (Å²) in [5.41, 5.74) is 2.19. The first-order chi connectivity index (χ1) is 13.1. The number of carbonyl (C=O) groups is 2. The predicted octanol–water partition coefficient (Wildman–Crippen LogP) is 3.70. The number of carbonyl (C=O) groups excluding carboxylic acids is 2. The smallest absolute Gasteiger partial charge is 0.264 e. The first-order valence-corrected chi connectivity index (χ1v) is 9.64. The number of likely N-dealkylation sites (N-methyl/N-ethyl adjacent to an activating group) is 1. The zero-order chi connectivity index (χ0) is 19.0. The van der Waals surface area contributed by atoms with Crippen LogP contribution in [0.25, 0.3) is 6.08 Å². The van der Waals surface area contributed by atoms with Gasteiger partial charge in [0.2, 0.25) is 0 Å². The van der Waals surface area contributed by atoms with Gasteiger partial charge in [0.1, 0.15) is 5.75 Å². The summed E-state index contributed by atoms with van der Waals surface area (Å²) in [6.07, 6.45) is 3.93. The number of hydrogen-bond acceptors (Lipinski definition) is 4. The van der Waals surface area contributed by atoms with Gasteiger partial charge >= 0.3 is 0 Å². The van der Waals surface area contributed by atoms with Gasteiger partial charge in [0, 0.05) is 29.1 Å². The Hall–Kier alpha value is -2.73. The molecule has 0 atom stereocenters. The Morgan fingerprint density at radius 2 is 2.04 bits per heavy atom. The first-order valence-electron chi connectivity index (χ1n) is 8.82. The van der Waals surface area contributed by atoms with Crippen molar-refractivity contribution < 1.29 is 14.3 Å². The van der Waals surface area contributed by atoms with Gasteiger partial charge in [-0.15, -0.1) is 0 Å². The van der Waals surface area contributed by atoms with E-state index in [-0.39, 0.29) is 11.8 Å². The maximum Gasteiger partial charge on any atom is 0.264 e. The number of thioether (sulfide) groups is 1. The highest BCUT2D eigenvalue weighted by Crippen LogP contribution is 2.42. The SMILES string of the molecule is COc1ccccc1/C=C1/Sc2ccc(C(=O)NC3CC3)cc2N(C)C1=O. The van der Waals surface area contributed by atoms with Gasteiger partial charge in [-0.3, -0.25) is 9.59 Å². The molecule has 0 radical (unpaired) electrons. The summed E-state index contributed by atoms with van der Waals surface area (Å²) < 4.78 is 5.37. The lowest BCUT2D eigenvalue weighted by Gasteiger charge is -2.27. The summed E-state index contributed by atoms with van der Waals surface area (Å²) in [6.45, 7) is 0. The van der Waals surface area contributed by atoms with Crippen LogP contribution in [-0.4, -0.2) is 32.0 Å². The van der Waals surface area contributed by atoms with Crippen molar-refractivity contribution in [1.29, 1.82) is 0 Å². The van der Waals surface area contributed by atoms with Crippen LogP contribution >= 0.6 is 11.8 Å². The summed E-state index contributed by atoms with van der Waals surface area (Å²) in [7, 11) is 3.35. The zero-order valence-corrected chi connectivity index (χ0v) is 16.0. The van der Waals surface area contributed by atoms with Gasteiger partial charge in [0.15, 0.2) is 0 Å². The van der Waals surface area contributed by atoms with Crippen molar-refractivity contribution in [2.24, 2.45) is 0 Å². The second kappa shape index (κ2) is 7.12. The number of amides is 2. The van der Waals surface area contributed by atoms with E-state index in [0.717, 1.165) is 34.7 Å². The highest BCUT2D eigenvalue weighted by Gasteiger charge is 2.29. The van der Waals surface area contributed by atoms with Gasteiger partial charge < -0.3 is 15.0 Å². The monoisotopic (exact) mass is 380 g/mol. The lowest BCUT2D eigenvalue weighted by Crippen LogP contribution is -2.31. The standard InChI is InChI=1S/C21H20N2O3S/c1-23-16-11-14(20(24)22-15-8-9-15)7-10-18(16)27-19(21(23)25)12-13-5-3-4-6-17(13)26-2/h3-7,10-12,15H,8-9H2,1-2H3,(H,22,24)/b19-12+. The summed E-state index contributed by atoms with van der Waals surface area (Å²) in [4.78, 5) is 28.3. The van der Waals surface area contributed by atoms with Crippen LogP contribution in [0.2, 0.25) is 0 Å². The fraction of sp³-hybridized carbons (Fsp3) is 0.238. The normalized spacial score (nSPS) is 17.6. The largest absolute Gasteiger partial charge is 0.496 e. The molecule has 2 aliphatic rings. The number of benzene rings is 2. The van der Waals surface area contributed by atoms with Gasteiger partial charge in [-0.2, -0.15) is 0 Å². The number of ether oxygens (including phenoxy) is 1. The molecular weight excluding hydrogens is 360 g/mol. The van der Waals surface area contributed by atoms with Crippen LogP contribution in [0.15, 0.2) is 52.3 Å². The predicted molar refractivity (Wildman–Crippen MR) is 107 cm³/mol. The number of rotatable bonds is 4.